The highest BCUT2D eigenvalue weighted by atomic mass is 16.6. The molecule has 2 rings (SSSR count). The molecule has 1 saturated heterocycles. The van der Waals surface area contributed by atoms with Gasteiger partial charge in [0, 0.05) is 19.2 Å². The second-order valence-corrected chi connectivity index (χ2v) is 6.03. The summed E-state index contributed by atoms with van der Waals surface area (Å²) in [6.07, 6.45) is 5.39. The lowest BCUT2D eigenvalue weighted by atomic mass is 10.1. The van der Waals surface area contributed by atoms with Crippen LogP contribution in [0, 0.1) is 10.1 Å². The van der Waals surface area contributed by atoms with Crippen LogP contribution in [0.5, 0.6) is 0 Å². The van der Waals surface area contributed by atoms with E-state index < -0.39 is 0 Å². The van der Waals surface area contributed by atoms with Gasteiger partial charge in [-0.3, -0.25) is 10.1 Å². The number of nitrogens with zero attached hydrogens (tertiary/aromatic N) is 3. The minimum absolute atomic E-state index is 0.237. The monoisotopic (exact) mass is 291 g/mol. The highest BCUT2D eigenvalue weighted by Gasteiger charge is 2.21. The van der Waals surface area contributed by atoms with E-state index in [2.05, 4.69) is 9.80 Å². The zero-order valence-electron chi connectivity index (χ0n) is 13.0. The van der Waals surface area contributed by atoms with Gasteiger partial charge in [-0.15, -0.1) is 0 Å². The summed E-state index contributed by atoms with van der Waals surface area (Å²) in [6.45, 7) is 2.86. The molecule has 0 N–H and O–H groups in total. The number of benzene rings is 1. The molecule has 1 aliphatic rings. The fraction of sp³-hybridized carbons (Fsp3) is 0.625. The zero-order chi connectivity index (χ0) is 15.2. The molecule has 0 aliphatic carbocycles. The number of hydrogen-bond donors (Lipinski definition) is 0. The molecule has 0 bridgehead atoms. The fourth-order valence-corrected chi connectivity index (χ4v) is 2.87. The van der Waals surface area contributed by atoms with Crippen LogP contribution in [0.25, 0.3) is 0 Å². The Morgan fingerprint density at radius 1 is 1.24 bits per heavy atom. The van der Waals surface area contributed by atoms with E-state index in [1.54, 1.807) is 6.07 Å². The normalized spacial score (nSPS) is 15.5. The Balaban J connectivity index is 2.12. The van der Waals surface area contributed by atoms with Gasteiger partial charge in [0.15, 0.2) is 0 Å². The number of rotatable bonds is 6. The van der Waals surface area contributed by atoms with E-state index in [-0.39, 0.29) is 10.6 Å². The SMILES string of the molecule is CN(C)CCCc1ccc(N2CCCCC2)c([N+](=O)[O-])c1. The topological polar surface area (TPSA) is 49.6 Å². The Morgan fingerprint density at radius 2 is 1.95 bits per heavy atom. The summed E-state index contributed by atoms with van der Waals surface area (Å²) in [5, 5.41) is 11.4. The molecule has 1 aromatic rings. The highest BCUT2D eigenvalue weighted by molar-refractivity contribution is 5.64. The first-order chi connectivity index (χ1) is 10.1. The van der Waals surface area contributed by atoms with Crippen molar-refractivity contribution in [3.63, 3.8) is 0 Å². The van der Waals surface area contributed by atoms with Crippen LogP contribution in [0.4, 0.5) is 11.4 Å². The molecule has 0 aromatic heterocycles. The van der Waals surface area contributed by atoms with Gasteiger partial charge in [0.1, 0.15) is 5.69 Å². The van der Waals surface area contributed by atoms with E-state index >= 15 is 0 Å². The molecule has 0 saturated carbocycles. The van der Waals surface area contributed by atoms with Crippen molar-refractivity contribution in [2.45, 2.75) is 32.1 Å². The van der Waals surface area contributed by atoms with E-state index in [9.17, 15) is 10.1 Å². The Hall–Kier alpha value is -1.62. The Labute approximate surface area is 126 Å². The summed E-state index contributed by atoms with van der Waals surface area (Å²) in [5.74, 6) is 0. The second kappa shape index (κ2) is 7.41. The summed E-state index contributed by atoms with van der Waals surface area (Å²) in [7, 11) is 4.09. The quantitative estimate of drug-likeness (QED) is 0.597. The molecular formula is C16H25N3O2. The average Bonchev–Trinajstić information content (AvgIpc) is 2.47. The highest BCUT2D eigenvalue weighted by Crippen LogP contribution is 2.31. The van der Waals surface area contributed by atoms with Crippen LogP contribution >= 0.6 is 0 Å². The molecule has 1 aliphatic heterocycles. The molecule has 0 amide bonds. The maximum absolute atomic E-state index is 11.4. The van der Waals surface area contributed by atoms with Crippen molar-refractivity contribution in [1.82, 2.24) is 4.90 Å². The first kappa shape index (κ1) is 15.8. The van der Waals surface area contributed by atoms with Crippen LogP contribution in [0.2, 0.25) is 0 Å². The third kappa shape index (κ3) is 4.43. The number of nitro benzene ring substituents is 1. The lowest BCUT2D eigenvalue weighted by molar-refractivity contribution is -0.384. The van der Waals surface area contributed by atoms with Crippen LogP contribution < -0.4 is 4.90 Å². The van der Waals surface area contributed by atoms with Crippen molar-refractivity contribution in [3.05, 3.63) is 33.9 Å². The van der Waals surface area contributed by atoms with E-state index in [1.165, 1.54) is 6.42 Å². The maximum atomic E-state index is 11.4. The third-order valence-electron chi connectivity index (χ3n) is 4.00. The van der Waals surface area contributed by atoms with Crippen LogP contribution in [0.1, 0.15) is 31.2 Å². The van der Waals surface area contributed by atoms with Crippen LogP contribution in [-0.4, -0.2) is 43.6 Å². The smallest absolute Gasteiger partial charge is 0.292 e. The largest absolute Gasteiger partial charge is 0.366 e. The van der Waals surface area contributed by atoms with Gasteiger partial charge < -0.3 is 9.80 Å². The van der Waals surface area contributed by atoms with E-state index in [0.29, 0.717) is 0 Å². The van der Waals surface area contributed by atoms with E-state index in [0.717, 1.165) is 56.6 Å². The van der Waals surface area contributed by atoms with Crippen molar-refractivity contribution >= 4 is 11.4 Å². The number of aryl methyl sites for hydroxylation is 1. The number of hydrogen-bond acceptors (Lipinski definition) is 4. The van der Waals surface area contributed by atoms with Crippen molar-refractivity contribution in [1.29, 1.82) is 0 Å². The number of anilines is 1. The molecule has 1 heterocycles. The van der Waals surface area contributed by atoms with Crippen molar-refractivity contribution in [3.8, 4) is 0 Å². The molecule has 0 spiro atoms. The lowest BCUT2D eigenvalue weighted by Gasteiger charge is -2.28. The summed E-state index contributed by atoms with van der Waals surface area (Å²) in [4.78, 5) is 15.4. The first-order valence-electron chi connectivity index (χ1n) is 7.75. The standard InChI is InChI=1S/C16H25N3O2/c1-17(2)10-6-7-14-8-9-15(16(13-14)19(20)21)18-11-4-3-5-12-18/h8-9,13H,3-7,10-12H2,1-2H3. The summed E-state index contributed by atoms with van der Waals surface area (Å²) in [5.41, 5.74) is 2.11. The zero-order valence-corrected chi connectivity index (χ0v) is 13.0. The molecule has 0 unspecified atom stereocenters. The molecule has 1 fully saturated rings. The van der Waals surface area contributed by atoms with Gasteiger partial charge in [-0.25, -0.2) is 0 Å². The van der Waals surface area contributed by atoms with Gasteiger partial charge in [0.2, 0.25) is 0 Å². The lowest BCUT2D eigenvalue weighted by Crippen LogP contribution is -2.29. The van der Waals surface area contributed by atoms with Crippen LogP contribution in [0.3, 0.4) is 0 Å². The maximum Gasteiger partial charge on any atom is 0.292 e. The fourth-order valence-electron chi connectivity index (χ4n) is 2.87. The molecule has 0 radical (unpaired) electrons. The first-order valence-corrected chi connectivity index (χ1v) is 7.75. The van der Waals surface area contributed by atoms with Crippen LogP contribution in [0.15, 0.2) is 18.2 Å². The number of piperidine rings is 1. The molecule has 0 atom stereocenters. The Kier molecular flexibility index (Phi) is 5.56. The van der Waals surface area contributed by atoms with Gasteiger partial charge in [-0.05, 0) is 64.4 Å². The van der Waals surface area contributed by atoms with Crippen LogP contribution in [-0.2, 0) is 6.42 Å². The van der Waals surface area contributed by atoms with E-state index in [1.807, 2.05) is 26.2 Å². The summed E-state index contributed by atoms with van der Waals surface area (Å²) in [6, 6.07) is 5.75. The van der Waals surface area contributed by atoms with Gasteiger partial charge >= 0.3 is 0 Å². The Bertz CT molecular complexity index is 482. The van der Waals surface area contributed by atoms with Gasteiger partial charge in [0.05, 0.1) is 4.92 Å². The van der Waals surface area contributed by atoms with Crippen molar-refractivity contribution in [2.24, 2.45) is 0 Å². The molecule has 116 valence electrons. The van der Waals surface area contributed by atoms with Gasteiger partial charge in [-0.2, -0.15) is 0 Å². The molecule has 5 nitrogen and oxygen atoms in total. The van der Waals surface area contributed by atoms with Crippen molar-refractivity contribution < 1.29 is 4.92 Å². The Morgan fingerprint density at radius 3 is 2.57 bits per heavy atom. The average molecular weight is 291 g/mol. The summed E-state index contributed by atoms with van der Waals surface area (Å²) >= 11 is 0. The second-order valence-electron chi connectivity index (χ2n) is 6.03. The van der Waals surface area contributed by atoms with E-state index in [4.69, 9.17) is 0 Å². The predicted molar refractivity (Wildman–Crippen MR) is 86.0 cm³/mol. The molecule has 5 heteroatoms. The minimum atomic E-state index is -0.237. The molecular weight excluding hydrogens is 266 g/mol. The molecule has 21 heavy (non-hydrogen) atoms. The predicted octanol–water partition coefficient (Wildman–Crippen LogP) is 3.08. The van der Waals surface area contributed by atoms with Gasteiger partial charge in [-0.1, -0.05) is 6.07 Å². The van der Waals surface area contributed by atoms with Gasteiger partial charge in [0.25, 0.3) is 5.69 Å². The number of nitro groups is 1. The minimum Gasteiger partial charge on any atom is -0.366 e. The van der Waals surface area contributed by atoms with Crippen molar-refractivity contribution in [2.75, 3.05) is 38.6 Å². The molecule has 1 aromatic carbocycles. The summed E-state index contributed by atoms with van der Waals surface area (Å²) < 4.78 is 0. The third-order valence-corrected chi connectivity index (χ3v) is 4.00.